The molecule has 0 unspecified atom stereocenters. The van der Waals surface area contributed by atoms with Crippen LogP contribution in [0.4, 0.5) is 21.8 Å². The Kier molecular flexibility index (Phi) is 5.44. The highest BCUT2D eigenvalue weighted by Gasteiger charge is 2.35. The minimum atomic E-state index is -1.26. The van der Waals surface area contributed by atoms with Crippen LogP contribution in [0.2, 0.25) is 0 Å². The number of halogens is 1. The largest absolute Gasteiger partial charge is 0.478 e. The lowest BCUT2D eigenvalue weighted by Gasteiger charge is -2.17. The van der Waals surface area contributed by atoms with Crippen LogP contribution in [0, 0.1) is 0 Å². The normalized spacial score (nSPS) is 18.4. The van der Waals surface area contributed by atoms with E-state index in [2.05, 4.69) is 37.3 Å². The van der Waals surface area contributed by atoms with Crippen molar-refractivity contribution in [3.63, 3.8) is 0 Å². The smallest absolute Gasteiger partial charge is 0.256 e. The third kappa shape index (κ3) is 3.88. The molecule has 0 radical (unpaired) electrons. The number of carbonyl (C=O) groups excluding carboxylic acids is 1. The SMILES string of the molecule is C=CC(=O)N[C@@H]1CN(c2nc(Nc3cn(CC)nc3OC)c3ncn(C)c3n2)C[C@@H]1F. The molecule has 4 heterocycles. The van der Waals surface area contributed by atoms with E-state index < -0.39 is 18.1 Å². The molecule has 1 amide bonds. The van der Waals surface area contributed by atoms with Gasteiger partial charge in [0.15, 0.2) is 17.0 Å². The van der Waals surface area contributed by atoms with Crippen molar-refractivity contribution in [2.24, 2.45) is 7.05 Å². The van der Waals surface area contributed by atoms with Crippen LogP contribution in [-0.4, -0.2) is 67.6 Å². The van der Waals surface area contributed by atoms with E-state index in [4.69, 9.17) is 4.74 Å². The first-order valence-electron chi connectivity index (χ1n) is 9.83. The van der Waals surface area contributed by atoms with Gasteiger partial charge in [-0.1, -0.05) is 6.58 Å². The van der Waals surface area contributed by atoms with Gasteiger partial charge in [-0.2, -0.15) is 9.97 Å². The second-order valence-electron chi connectivity index (χ2n) is 7.17. The zero-order valence-corrected chi connectivity index (χ0v) is 17.5. The lowest BCUT2D eigenvalue weighted by molar-refractivity contribution is -0.117. The molecular formula is C19H24FN9O2. The Hall–Kier alpha value is -3.70. The maximum absolute atomic E-state index is 14.5. The van der Waals surface area contributed by atoms with E-state index in [-0.39, 0.29) is 13.1 Å². The second kappa shape index (κ2) is 8.20. The zero-order valence-electron chi connectivity index (χ0n) is 17.5. The predicted octanol–water partition coefficient (Wildman–Crippen LogP) is 1.16. The summed E-state index contributed by atoms with van der Waals surface area (Å²) in [7, 11) is 3.36. The number of carbonyl (C=O) groups is 1. The molecule has 0 bridgehead atoms. The average Bonchev–Trinajstić information content (AvgIpc) is 3.45. The fraction of sp³-hybridized carbons (Fsp3) is 0.421. The Labute approximate surface area is 177 Å². The van der Waals surface area contributed by atoms with Gasteiger partial charge in [-0.25, -0.2) is 9.37 Å². The summed E-state index contributed by atoms with van der Waals surface area (Å²) < 4.78 is 23.4. The highest BCUT2D eigenvalue weighted by Crippen LogP contribution is 2.30. The number of rotatable bonds is 7. The number of hydrogen-bond donors (Lipinski definition) is 2. The lowest BCUT2D eigenvalue weighted by atomic mass is 10.2. The number of amides is 1. The van der Waals surface area contributed by atoms with Crippen LogP contribution in [0.15, 0.2) is 25.2 Å². The quantitative estimate of drug-likeness (QED) is 0.538. The van der Waals surface area contributed by atoms with Crippen molar-refractivity contribution in [3.05, 3.63) is 25.2 Å². The monoisotopic (exact) mass is 429 g/mol. The maximum Gasteiger partial charge on any atom is 0.256 e. The van der Waals surface area contributed by atoms with Gasteiger partial charge >= 0.3 is 0 Å². The summed E-state index contributed by atoms with van der Waals surface area (Å²) in [5.74, 6) is 0.783. The Bertz CT molecular complexity index is 1130. The number of methoxy groups -OCH3 is 1. The van der Waals surface area contributed by atoms with Crippen LogP contribution in [-0.2, 0) is 18.4 Å². The summed E-state index contributed by atoms with van der Waals surface area (Å²) in [5.41, 5.74) is 1.77. The number of nitrogens with zero attached hydrogens (tertiary/aromatic N) is 7. The fourth-order valence-electron chi connectivity index (χ4n) is 3.46. The van der Waals surface area contributed by atoms with Crippen molar-refractivity contribution in [3.8, 4) is 5.88 Å². The van der Waals surface area contributed by atoms with E-state index in [0.29, 0.717) is 41.0 Å². The van der Waals surface area contributed by atoms with Crippen LogP contribution in [0.25, 0.3) is 11.2 Å². The summed E-state index contributed by atoms with van der Waals surface area (Å²) in [6.07, 6.45) is 3.31. The van der Waals surface area contributed by atoms with E-state index in [1.807, 2.05) is 20.2 Å². The molecule has 0 aliphatic carbocycles. The molecular weight excluding hydrogens is 405 g/mol. The number of imidazole rings is 1. The van der Waals surface area contributed by atoms with Gasteiger partial charge in [0.05, 0.1) is 32.2 Å². The van der Waals surface area contributed by atoms with Crippen molar-refractivity contribution in [1.82, 2.24) is 34.6 Å². The van der Waals surface area contributed by atoms with Crippen LogP contribution in [0.3, 0.4) is 0 Å². The highest BCUT2D eigenvalue weighted by atomic mass is 19.1. The molecule has 0 spiro atoms. The lowest BCUT2D eigenvalue weighted by Crippen LogP contribution is -2.40. The van der Waals surface area contributed by atoms with Crippen molar-refractivity contribution in [1.29, 1.82) is 0 Å². The minimum absolute atomic E-state index is 0.0575. The molecule has 1 aliphatic rings. The number of anilines is 3. The van der Waals surface area contributed by atoms with Gasteiger partial charge in [0, 0.05) is 20.1 Å². The third-order valence-electron chi connectivity index (χ3n) is 5.09. The summed E-state index contributed by atoms with van der Waals surface area (Å²) >= 11 is 0. The Morgan fingerprint density at radius 3 is 2.94 bits per heavy atom. The van der Waals surface area contributed by atoms with Crippen LogP contribution in [0.1, 0.15) is 6.92 Å². The first-order valence-corrected chi connectivity index (χ1v) is 9.83. The molecule has 12 heteroatoms. The van der Waals surface area contributed by atoms with Gasteiger partial charge in [0.25, 0.3) is 5.88 Å². The summed E-state index contributed by atoms with van der Waals surface area (Å²) in [6, 6.07) is -0.671. The summed E-state index contributed by atoms with van der Waals surface area (Å²) in [5, 5.41) is 10.2. The molecule has 2 atom stereocenters. The molecule has 1 saturated heterocycles. The van der Waals surface area contributed by atoms with Crippen LogP contribution in [0.5, 0.6) is 5.88 Å². The molecule has 0 aromatic carbocycles. The Balaban J connectivity index is 1.69. The standard InChI is InChI=1S/C19H24FN9O2/c1-5-14(30)22-12-8-28(7-11(12)20)19-24-16(15-17(25-19)27(3)10-21-15)23-13-9-29(6-2)26-18(13)31-4/h5,9-12H,1,6-8H2,2-4H3,(H,22,30)(H,23,24,25)/t11-,12+/m0/s1. The van der Waals surface area contributed by atoms with Crippen molar-refractivity contribution < 1.29 is 13.9 Å². The Morgan fingerprint density at radius 1 is 1.42 bits per heavy atom. The molecule has 1 aliphatic heterocycles. The van der Waals surface area contributed by atoms with Gasteiger partial charge in [-0.3, -0.25) is 9.48 Å². The van der Waals surface area contributed by atoms with E-state index in [9.17, 15) is 9.18 Å². The average molecular weight is 429 g/mol. The zero-order chi connectivity index (χ0) is 22.1. The van der Waals surface area contributed by atoms with E-state index in [1.54, 1.807) is 27.6 Å². The predicted molar refractivity (Wildman–Crippen MR) is 113 cm³/mol. The molecule has 3 aromatic rings. The van der Waals surface area contributed by atoms with Crippen molar-refractivity contribution in [2.45, 2.75) is 25.7 Å². The number of fused-ring (bicyclic) bond motifs is 1. The molecule has 11 nitrogen and oxygen atoms in total. The third-order valence-corrected chi connectivity index (χ3v) is 5.09. The molecule has 1 fully saturated rings. The molecule has 0 saturated carbocycles. The summed E-state index contributed by atoms with van der Waals surface area (Å²) in [6.45, 7) is 6.35. The van der Waals surface area contributed by atoms with Gasteiger partial charge < -0.3 is 24.8 Å². The number of aromatic nitrogens is 6. The van der Waals surface area contributed by atoms with Gasteiger partial charge in [0.2, 0.25) is 11.9 Å². The number of alkyl halides is 1. The first-order chi connectivity index (χ1) is 14.9. The molecule has 2 N–H and O–H groups in total. The van der Waals surface area contributed by atoms with Gasteiger partial charge in [-0.15, -0.1) is 5.10 Å². The maximum atomic E-state index is 14.5. The number of nitrogens with one attached hydrogen (secondary N) is 2. The fourth-order valence-corrected chi connectivity index (χ4v) is 3.46. The number of ether oxygens (including phenoxy) is 1. The van der Waals surface area contributed by atoms with E-state index in [0.717, 1.165) is 6.08 Å². The second-order valence-corrected chi connectivity index (χ2v) is 7.17. The van der Waals surface area contributed by atoms with E-state index in [1.165, 1.54) is 0 Å². The minimum Gasteiger partial charge on any atom is -0.478 e. The van der Waals surface area contributed by atoms with Gasteiger partial charge in [-0.05, 0) is 13.0 Å². The van der Waals surface area contributed by atoms with Gasteiger partial charge in [0.1, 0.15) is 11.9 Å². The first kappa shape index (κ1) is 20.6. The van der Waals surface area contributed by atoms with Crippen molar-refractivity contribution in [2.75, 3.05) is 30.4 Å². The molecule has 3 aromatic heterocycles. The van der Waals surface area contributed by atoms with Crippen LogP contribution >= 0.6 is 0 Å². The molecule has 31 heavy (non-hydrogen) atoms. The highest BCUT2D eigenvalue weighted by molar-refractivity contribution is 5.88. The number of aryl methyl sites for hydroxylation is 2. The molecule has 4 rings (SSSR count). The number of hydrogen-bond acceptors (Lipinski definition) is 8. The van der Waals surface area contributed by atoms with E-state index >= 15 is 0 Å². The van der Waals surface area contributed by atoms with Crippen LogP contribution < -0.4 is 20.3 Å². The summed E-state index contributed by atoms with van der Waals surface area (Å²) in [4.78, 5) is 26.9. The Morgan fingerprint density at radius 2 is 2.23 bits per heavy atom. The topological polar surface area (TPSA) is 115 Å². The molecule has 164 valence electrons. The van der Waals surface area contributed by atoms with Crippen molar-refractivity contribution >= 4 is 34.5 Å².